The molecule has 0 rings (SSSR count). The zero-order valence-electron chi connectivity index (χ0n) is 7.83. The van der Waals surface area contributed by atoms with E-state index in [1.165, 1.54) is 0 Å². The first-order chi connectivity index (χ1) is 4.19. The largest absolute Gasteiger partial charge is 0.245 e. The number of rotatable bonds is 1. The van der Waals surface area contributed by atoms with Gasteiger partial charge in [-0.2, -0.15) is 0 Å². The van der Waals surface area contributed by atoms with Crippen LogP contribution in [-0.4, -0.2) is 15.7 Å². The maximum absolute atomic E-state index is 2.34. The van der Waals surface area contributed by atoms with Crippen molar-refractivity contribution >= 4 is 22.9 Å². The van der Waals surface area contributed by atoms with Gasteiger partial charge in [0.25, 0.3) is 0 Å². The molecule has 0 aromatic rings. The van der Waals surface area contributed by atoms with Crippen LogP contribution in [0.2, 0.25) is 0 Å². The van der Waals surface area contributed by atoms with Crippen molar-refractivity contribution in [3.05, 3.63) is 0 Å². The molecule has 0 N–H and O–H groups in total. The lowest BCUT2D eigenvalue weighted by molar-refractivity contribution is 0.131. The third kappa shape index (κ3) is 2.09. The molecular weight excluding hydrogens is 237 g/mol. The van der Waals surface area contributed by atoms with Crippen LogP contribution in [0.4, 0.5) is 0 Å². The van der Waals surface area contributed by atoms with Gasteiger partial charge >= 0.3 is 0 Å². The molecule has 0 aromatic heterocycles. The van der Waals surface area contributed by atoms with Crippen LogP contribution in [0.25, 0.3) is 0 Å². The summed E-state index contributed by atoms with van der Waals surface area (Å²) < 4.78 is 2.24. The first kappa shape index (κ1) is 10.7. The second-order valence-electron chi connectivity index (χ2n) is 4.29. The molecule has 0 heterocycles. The topological polar surface area (TPSA) is 3.24 Å². The van der Waals surface area contributed by atoms with E-state index in [0.29, 0.717) is 5.41 Å². The Balaban J connectivity index is 4.40. The van der Waals surface area contributed by atoms with Crippen molar-refractivity contribution in [3.63, 3.8) is 0 Å². The molecule has 0 spiro atoms. The summed E-state index contributed by atoms with van der Waals surface area (Å²) in [4.78, 5) is 0. The van der Waals surface area contributed by atoms with Gasteiger partial charge in [0, 0.05) is 28.4 Å². The summed E-state index contributed by atoms with van der Waals surface area (Å²) in [5.41, 5.74) is 0.594. The zero-order chi connectivity index (χ0) is 8.58. The Bertz CT molecular complexity index is 111. The maximum atomic E-state index is 2.34. The van der Waals surface area contributed by atoms with Crippen LogP contribution in [0.15, 0.2) is 0 Å². The molecule has 10 heavy (non-hydrogen) atoms. The van der Waals surface area contributed by atoms with Crippen LogP contribution < -0.4 is 0 Å². The predicted octanol–water partition coefficient (Wildman–Crippen LogP) is 3.09. The molecule has 1 nitrogen and oxygen atoms in total. The Hall–Kier alpha value is 0.690. The van der Waals surface area contributed by atoms with Gasteiger partial charge in [-0.05, 0) is 26.3 Å². The molecule has 0 atom stereocenters. The highest BCUT2D eigenvalue weighted by Crippen LogP contribution is 2.35. The van der Waals surface area contributed by atoms with Gasteiger partial charge in [0.05, 0.1) is 0 Å². The van der Waals surface area contributed by atoms with Crippen molar-refractivity contribution < 1.29 is 0 Å². The van der Waals surface area contributed by atoms with Crippen LogP contribution in [0, 0.1) is 5.41 Å². The fourth-order valence-electron chi connectivity index (χ4n) is 0.462. The Morgan fingerprint density at radius 3 is 1.30 bits per heavy atom. The van der Waals surface area contributed by atoms with E-state index in [4.69, 9.17) is 0 Å². The van der Waals surface area contributed by atoms with Crippen molar-refractivity contribution in [2.75, 3.05) is 7.05 Å². The van der Waals surface area contributed by atoms with E-state index in [1.54, 1.807) is 0 Å². The molecule has 0 bridgehead atoms. The highest BCUT2D eigenvalue weighted by Gasteiger charge is 2.35. The SMILES string of the molecule is CN(I)C(C)(C)C(C)(C)C. The summed E-state index contributed by atoms with van der Waals surface area (Å²) >= 11 is 2.34. The van der Waals surface area contributed by atoms with Gasteiger partial charge in [-0.3, -0.25) is 0 Å². The van der Waals surface area contributed by atoms with Crippen molar-refractivity contribution in [3.8, 4) is 0 Å². The van der Waals surface area contributed by atoms with E-state index in [2.05, 4.69) is 67.6 Å². The van der Waals surface area contributed by atoms with Crippen LogP contribution in [0.3, 0.4) is 0 Å². The van der Waals surface area contributed by atoms with E-state index in [0.717, 1.165) is 0 Å². The minimum atomic E-state index is 0.257. The van der Waals surface area contributed by atoms with E-state index in [1.807, 2.05) is 0 Å². The maximum Gasteiger partial charge on any atom is 0.0294 e. The van der Waals surface area contributed by atoms with Crippen molar-refractivity contribution in [2.24, 2.45) is 5.41 Å². The number of hydrogen-bond donors (Lipinski definition) is 0. The van der Waals surface area contributed by atoms with Crippen LogP contribution >= 0.6 is 22.9 Å². The zero-order valence-corrected chi connectivity index (χ0v) is 9.98. The van der Waals surface area contributed by atoms with Crippen molar-refractivity contribution in [1.82, 2.24) is 3.11 Å². The average Bonchev–Trinajstić information content (AvgIpc) is 1.62. The monoisotopic (exact) mass is 255 g/mol. The van der Waals surface area contributed by atoms with Gasteiger partial charge in [-0.15, -0.1) is 0 Å². The smallest absolute Gasteiger partial charge is 0.0294 e. The van der Waals surface area contributed by atoms with Crippen molar-refractivity contribution in [1.29, 1.82) is 0 Å². The van der Waals surface area contributed by atoms with E-state index in [-0.39, 0.29) is 5.54 Å². The van der Waals surface area contributed by atoms with Gasteiger partial charge < -0.3 is 0 Å². The van der Waals surface area contributed by atoms with E-state index < -0.39 is 0 Å². The van der Waals surface area contributed by atoms with Crippen molar-refractivity contribution in [2.45, 2.75) is 40.2 Å². The highest BCUT2D eigenvalue weighted by molar-refractivity contribution is 14.1. The first-order valence-electron chi connectivity index (χ1n) is 3.59. The summed E-state index contributed by atoms with van der Waals surface area (Å²) in [5, 5.41) is 0. The fraction of sp³-hybridized carbons (Fsp3) is 1.00. The van der Waals surface area contributed by atoms with Gasteiger partial charge in [-0.1, -0.05) is 20.8 Å². The second-order valence-corrected chi connectivity index (χ2v) is 5.73. The first-order valence-corrected chi connectivity index (χ1v) is 4.55. The molecule has 0 saturated heterocycles. The van der Waals surface area contributed by atoms with E-state index in [9.17, 15) is 0 Å². The highest BCUT2D eigenvalue weighted by atomic mass is 127. The van der Waals surface area contributed by atoms with E-state index >= 15 is 0 Å². The molecule has 0 aromatic carbocycles. The number of nitrogens with zero attached hydrogens (tertiary/aromatic N) is 1. The van der Waals surface area contributed by atoms with Gasteiger partial charge in [-0.25, -0.2) is 3.11 Å². The normalized spacial score (nSPS) is 14.4. The summed E-state index contributed by atoms with van der Waals surface area (Å²) in [6, 6.07) is 0. The molecule has 0 fully saturated rings. The van der Waals surface area contributed by atoms with Gasteiger partial charge in [0.15, 0.2) is 0 Å². The molecule has 2 heteroatoms. The van der Waals surface area contributed by atoms with Gasteiger partial charge in [0.2, 0.25) is 0 Å². The standard InChI is InChI=1S/C8H18IN/c1-7(2,3)8(4,5)10(6)9/h1-6H3. The third-order valence-corrected chi connectivity index (χ3v) is 3.81. The van der Waals surface area contributed by atoms with Gasteiger partial charge in [0.1, 0.15) is 0 Å². The molecule has 0 saturated carbocycles. The Labute approximate surface area is 78.7 Å². The fourth-order valence-corrected chi connectivity index (χ4v) is 1.19. The molecule has 0 aliphatic heterocycles. The Morgan fingerprint density at radius 2 is 1.30 bits per heavy atom. The quantitative estimate of drug-likeness (QED) is 0.514. The molecule has 0 unspecified atom stereocenters. The molecule has 62 valence electrons. The average molecular weight is 255 g/mol. The molecular formula is C8H18IN. The Morgan fingerprint density at radius 1 is 1.00 bits per heavy atom. The van der Waals surface area contributed by atoms with Crippen LogP contribution in [0.5, 0.6) is 0 Å². The van der Waals surface area contributed by atoms with Crippen LogP contribution in [0.1, 0.15) is 34.6 Å². The summed E-state index contributed by atoms with van der Waals surface area (Å²) in [5.74, 6) is 0. The minimum absolute atomic E-state index is 0.257. The molecule has 0 aliphatic rings. The molecule has 0 amide bonds. The predicted molar refractivity (Wildman–Crippen MR) is 55.3 cm³/mol. The second kappa shape index (κ2) is 2.97. The Kier molecular flexibility index (Phi) is 3.18. The number of hydrogen-bond acceptors (Lipinski definition) is 1. The summed E-state index contributed by atoms with van der Waals surface area (Å²) in [6.07, 6.45) is 0. The summed E-state index contributed by atoms with van der Waals surface area (Å²) in [7, 11) is 2.12. The lowest BCUT2D eigenvalue weighted by atomic mass is 9.76. The third-order valence-electron chi connectivity index (χ3n) is 2.61. The lowest BCUT2D eigenvalue weighted by Gasteiger charge is -2.42. The minimum Gasteiger partial charge on any atom is -0.245 e. The summed E-state index contributed by atoms with van der Waals surface area (Å²) in [6.45, 7) is 11.3. The molecule has 0 aliphatic carbocycles. The van der Waals surface area contributed by atoms with Crippen LogP contribution in [-0.2, 0) is 0 Å². The molecule has 0 radical (unpaired) electrons. The number of halogens is 1. The lowest BCUT2D eigenvalue weighted by Crippen LogP contribution is -2.46.